The van der Waals surface area contributed by atoms with E-state index in [0.29, 0.717) is 17.4 Å². The van der Waals surface area contributed by atoms with E-state index in [1.807, 2.05) is 0 Å². The summed E-state index contributed by atoms with van der Waals surface area (Å²) >= 11 is 0. The Bertz CT molecular complexity index is 944. The maximum absolute atomic E-state index is 13.7. The maximum atomic E-state index is 13.7. The highest BCUT2D eigenvalue weighted by atomic mass is 32.2. The number of carbonyl (C=O) groups excluding carboxylic acids is 1. The van der Waals surface area contributed by atoms with Gasteiger partial charge >= 0.3 is 0 Å². The van der Waals surface area contributed by atoms with Gasteiger partial charge in [-0.3, -0.25) is 9.52 Å². The molecule has 3 rings (SSSR count). The van der Waals surface area contributed by atoms with Gasteiger partial charge in [-0.15, -0.1) is 0 Å². The van der Waals surface area contributed by atoms with Crippen LogP contribution < -0.4 is 10.0 Å². The predicted octanol–water partition coefficient (Wildman–Crippen LogP) is 4.18. The van der Waals surface area contributed by atoms with Crippen LogP contribution >= 0.6 is 0 Å². The van der Waals surface area contributed by atoms with E-state index in [1.54, 1.807) is 6.07 Å². The van der Waals surface area contributed by atoms with Gasteiger partial charge in [0.15, 0.2) is 0 Å². The van der Waals surface area contributed by atoms with Gasteiger partial charge in [-0.25, -0.2) is 12.8 Å². The van der Waals surface area contributed by atoms with Gasteiger partial charge in [-0.1, -0.05) is 38.8 Å². The van der Waals surface area contributed by atoms with Crippen molar-refractivity contribution >= 4 is 21.6 Å². The molecule has 28 heavy (non-hydrogen) atoms. The first-order chi connectivity index (χ1) is 13.3. The molecule has 150 valence electrons. The number of sulfonamides is 1. The van der Waals surface area contributed by atoms with Crippen LogP contribution in [-0.2, 0) is 10.0 Å². The number of anilines is 1. The third-order valence-electron chi connectivity index (χ3n) is 5.57. The molecule has 1 aliphatic rings. The molecule has 1 aliphatic carbocycles. The number of para-hydroxylation sites is 1. The molecule has 0 saturated heterocycles. The van der Waals surface area contributed by atoms with Gasteiger partial charge in [-0.05, 0) is 54.7 Å². The third-order valence-corrected chi connectivity index (χ3v) is 6.95. The third kappa shape index (κ3) is 4.52. The summed E-state index contributed by atoms with van der Waals surface area (Å²) in [6.07, 6.45) is 3.22. The van der Waals surface area contributed by atoms with Crippen LogP contribution in [0.1, 0.15) is 43.5 Å². The Morgan fingerprint density at radius 2 is 1.71 bits per heavy atom. The van der Waals surface area contributed by atoms with Gasteiger partial charge in [0, 0.05) is 11.6 Å². The number of amides is 1. The monoisotopic (exact) mass is 404 g/mol. The summed E-state index contributed by atoms with van der Waals surface area (Å²) in [4.78, 5) is 12.5. The number of nitrogens with one attached hydrogen (secondary N) is 2. The van der Waals surface area contributed by atoms with E-state index in [4.69, 9.17) is 0 Å². The molecule has 1 amide bonds. The highest BCUT2D eigenvalue weighted by Crippen LogP contribution is 2.29. The average molecular weight is 405 g/mol. The Labute approximate surface area is 165 Å². The number of benzene rings is 2. The van der Waals surface area contributed by atoms with E-state index in [2.05, 4.69) is 23.9 Å². The molecule has 2 aromatic rings. The van der Waals surface area contributed by atoms with Gasteiger partial charge in [0.2, 0.25) is 0 Å². The molecule has 3 unspecified atom stereocenters. The van der Waals surface area contributed by atoms with Crippen LogP contribution in [0.2, 0.25) is 0 Å². The Kier molecular flexibility index (Phi) is 6.03. The van der Waals surface area contributed by atoms with Crippen molar-refractivity contribution in [3.05, 3.63) is 59.9 Å². The van der Waals surface area contributed by atoms with Gasteiger partial charge in [0.25, 0.3) is 15.9 Å². The van der Waals surface area contributed by atoms with Crippen LogP contribution in [0.4, 0.5) is 10.1 Å². The summed E-state index contributed by atoms with van der Waals surface area (Å²) in [7, 11) is -3.94. The second kappa shape index (κ2) is 8.31. The Hall–Kier alpha value is -2.41. The fraction of sp³-hybridized carbons (Fsp3) is 0.381. The molecule has 3 atom stereocenters. The van der Waals surface area contributed by atoms with Gasteiger partial charge < -0.3 is 5.32 Å². The fourth-order valence-electron chi connectivity index (χ4n) is 3.57. The highest BCUT2D eigenvalue weighted by molar-refractivity contribution is 7.92. The average Bonchev–Trinajstić information content (AvgIpc) is 2.67. The first-order valence-electron chi connectivity index (χ1n) is 9.46. The molecule has 2 N–H and O–H groups in total. The summed E-state index contributed by atoms with van der Waals surface area (Å²) < 4.78 is 40.8. The fourth-order valence-corrected chi connectivity index (χ4v) is 4.64. The van der Waals surface area contributed by atoms with Crippen LogP contribution in [0.25, 0.3) is 0 Å². The zero-order valence-electron chi connectivity index (χ0n) is 16.0. The Morgan fingerprint density at radius 1 is 1.04 bits per heavy atom. The quantitative estimate of drug-likeness (QED) is 0.785. The Balaban J connectivity index is 1.70. The van der Waals surface area contributed by atoms with Crippen molar-refractivity contribution in [3.8, 4) is 0 Å². The van der Waals surface area contributed by atoms with E-state index in [-0.39, 0.29) is 22.5 Å². The van der Waals surface area contributed by atoms with Crippen LogP contribution in [0.5, 0.6) is 0 Å². The second-order valence-electron chi connectivity index (χ2n) is 7.46. The van der Waals surface area contributed by atoms with Crippen LogP contribution in [0.3, 0.4) is 0 Å². The molecule has 1 fully saturated rings. The van der Waals surface area contributed by atoms with Gasteiger partial charge in [0.1, 0.15) is 5.82 Å². The van der Waals surface area contributed by atoms with Crippen molar-refractivity contribution in [1.82, 2.24) is 5.32 Å². The second-order valence-corrected chi connectivity index (χ2v) is 9.14. The summed E-state index contributed by atoms with van der Waals surface area (Å²) in [5.74, 6) is 0.105. The van der Waals surface area contributed by atoms with Crippen molar-refractivity contribution in [1.29, 1.82) is 0 Å². The summed E-state index contributed by atoms with van der Waals surface area (Å²) in [6.45, 7) is 4.35. The van der Waals surface area contributed by atoms with Crippen molar-refractivity contribution in [2.75, 3.05) is 4.72 Å². The normalized spacial score (nSPS) is 22.5. The molecular formula is C21H25FN2O3S. The Morgan fingerprint density at radius 3 is 2.39 bits per heavy atom. The first kappa shape index (κ1) is 20.3. The lowest BCUT2D eigenvalue weighted by Gasteiger charge is -2.34. The summed E-state index contributed by atoms with van der Waals surface area (Å²) in [5, 5.41) is 3.07. The van der Waals surface area contributed by atoms with Crippen molar-refractivity contribution < 1.29 is 17.6 Å². The predicted molar refractivity (Wildman–Crippen MR) is 107 cm³/mol. The molecule has 0 spiro atoms. The summed E-state index contributed by atoms with van der Waals surface area (Å²) in [5.41, 5.74) is 0.278. The minimum atomic E-state index is -3.94. The van der Waals surface area contributed by atoms with Crippen LogP contribution in [-0.4, -0.2) is 20.4 Å². The highest BCUT2D eigenvalue weighted by Gasteiger charge is 2.28. The topological polar surface area (TPSA) is 75.3 Å². The van der Waals surface area contributed by atoms with E-state index in [9.17, 15) is 17.6 Å². The van der Waals surface area contributed by atoms with E-state index in [1.165, 1.54) is 48.9 Å². The molecular weight excluding hydrogens is 379 g/mol. The van der Waals surface area contributed by atoms with Crippen LogP contribution in [0, 0.1) is 17.7 Å². The smallest absolute Gasteiger partial charge is 0.261 e. The first-order valence-corrected chi connectivity index (χ1v) is 10.9. The minimum Gasteiger partial charge on any atom is -0.349 e. The molecule has 1 saturated carbocycles. The standard InChI is InChI=1S/C21H25FN2O3S/c1-14-6-5-9-19(15(14)2)23-21(25)16-10-12-17(13-11-16)28(26,27)24-20-8-4-3-7-18(20)22/h3-4,7-8,10-15,19,24H,5-6,9H2,1-2H3,(H,23,25). The lowest BCUT2D eigenvalue weighted by atomic mass is 9.78. The minimum absolute atomic E-state index is 0.0352. The SMILES string of the molecule is CC1CCCC(NC(=O)c2ccc(S(=O)(=O)Nc3ccccc3F)cc2)C1C. The lowest BCUT2D eigenvalue weighted by molar-refractivity contribution is 0.0891. The molecule has 0 aliphatic heterocycles. The maximum Gasteiger partial charge on any atom is 0.261 e. The number of hydrogen-bond donors (Lipinski definition) is 2. The number of carbonyl (C=O) groups is 1. The number of hydrogen-bond acceptors (Lipinski definition) is 3. The molecule has 2 aromatic carbocycles. The largest absolute Gasteiger partial charge is 0.349 e. The lowest BCUT2D eigenvalue weighted by Crippen LogP contribution is -2.43. The van der Waals surface area contributed by atoms with E-state index in [0.717, 1.165) is 12.8 Å². The van der Waals surface area contributed by atoms with Gasteiger partial charge in [-0.2, -0.15) is 0 Å². The van der Waals surface area contributed by atoms with Crippen LogP contribution in [0.15, 0.2) is 53.4 Å². The molecule has 0 radical (unpaired) electrons. The number of rotatable bonds is 5. The molecule has 7 heteroatoms. The van der Waals surface area contributed by atoms with Crippen molar-refractivity contribution in [3.63, 3.8) is 0 Å². The number of halogens is 1. The van der Waals surface area contributed by atoms with Crippen molar-refractivity contribution in [2.45, 2.75) is 44.0 Å². The zero-order valence-corrected chi connectivity index (χ0v) is 16.8. The van der Waals surface area contributed by atoms with Gasteiger partial charge in [0.05, 0.1) is 10.6 Å². The molecule has 0 aromatic heterocycles. The van der Waals surface area contributed by atoms with Crippen molar-refractivity contribution in [2.24, 2.45) is 11.8 Å². The summed E-state index contributed by atoms with van der Waals surface area (Å²) in [6, 6.07) is 11.3. The molecule has 5 nitrogen and oxygen atoms in total. The zero-order chi connectivity index (χ0) is 20.3. The van der Waals surface area contributed by atoms with E-state index < -0.39 is 15.8 Å². The molecule has 0 heterocycles. The molecule has 0 bridgehead atoms. The van der Waals surface area contributed by atoms with E-state index >= 15 is 0 Å².